The third kappa shape index (κ3) is 7.74. The van der Waals surface area contributed by atoms with E-state index in [1.165, 1.54) is 6.42 Å². The highest BCUT2D eigenvalue weighted by Crippen LogP contribution is 2.30. The monoisotopic (exact) mass is 613 g/mol. The highest BCUT2D eigenvalue weighted by molar-refractivity contribution is 5.96. The van der Waals surface area contributed by atoms with Crippen molar-refractivity contribution < 1.29 is 14.4 Å². The van der Waals surface area contributed by atoms with E-state index in [0.29, 0.717) is 25.8 Å². The molecule has 1 aliphatic heterocycles. The molecule has 3 unspecified atom stereocenters. The summed E-state index contributed by atoms with van der Waals surface area (Å²) >= 11 is 0. The van der Waals surface area contributed by atoms with Gasteiger partial charge in [-0.3, -0.25) is 14.4 Å². The molecule has 1 heterocycles. The molecule has 6 rings (SSSR count). The number of nitrogens with zero attached hydrogens (tertiary/aromatic N) is 1. The molecule has 2 N–H and O–H groups in total. The van der Waals surface area contributed by atoms with Crippen LogP contribution in [0.1, 0.15) is 55.2 Å². The van der Waals surface area contributed by atoms with Crippen molar-refractivity contribution in [1.29, 1.82) is 0 Å². The lowest BCUT2D eigenvalue weighted by atomic mass is 9.85. The summed E-state index contributed by atoms with van der Waals surface area (Å²) in [6, 6.07) is 35.8. The van der Waals surface area contributed by atoms with Crippen molar-refractivity contribution >= 4 is 17.7 Å². The van der Waals surface area contributed by atoms with Gasteiger partial charge < -0.3 is 15.5 Å². The Morgan fingerprint density at radius 1 is 0.674 bits per heavy atom. The highest BCUT2D eigenvalue weighted by atomic mass is 16.2. The summed E-state index contributed by atoms with van der Waals surface area (Å²) in [4.78, 5) is 44.2. The van der Waals surface area contributed by atoms with Crippen molar-refractivity contribution in [3.8, 4) is 11.1 Å². The van der Waals surface area contributed by atoms with E-state index in [2.05, 4.69) is 47.0 Å². The second-order valence-corrected chi connectivity index (χ2v) is 12.7. The molecule has 6 heteroatoms. The molecule has 1 aliphatic carbocycles. The van der Waals surface area contributed by atoms with Crippen molar-refractivity contribution in [2.45, 2.75) is 76.0 Å². The molecule has 46 heavy (non-hydrogen) atoms. The fourth-order valence-electron chi connectivity index (χ4n) is 7.05. The first-order chi connectivity index (χ1) is 22.5. The Morgan fingerprint density at radius 3 is 1.89 bits per heavy atom. The maximum atomic E-state index is 14.4. The Kier molecular flexibility index (Phi) is 10.2. The quantitative estimate of drug-likeness (QED) is 0.215. The molecule has 2 fully saturated rings. The fourth-order valence-corrected chi connectivity index (χ4v) is 7.05. The first-order valence-corrected chi connectivity index (χ1v) is 16.7. The van der Waals surface area contributed by atoms with Crippen LogP contribution in [0.4, 0.5) is 0 Å². The van der Waals surface area contributed by atoms with Gasteiger partial charge in [0.2, 0.25) is 17.7 Å². The molecular weight excluding hydrogens is 570 g/mol. The van der Waals surface area contributed by atoms with Gasteiger partial charge in [-0.05, 0) is 53.0 Å². The zero-order chi connectivity index (χ0) is 31.7. The molecule has 3 amide bonds. The van der Waals surface area contributed by atoms with Gasteiger partial charge in [0, 0.05) is 19.4 Å². The molecule has 1 saturated heterocycles. The Hall–Kier alpha value is -4.71. The number of piperazine rings is 1. The standard InChI is InChI=1S/C40H43N3O3/c44-37(27-30-15-7-2-8-16-30)43-36(26-29-13-5-1-6-14-29)39(45)42-35(38(43)40(46)41-28-32-17-9-3-10-18-32)25-31-21-23-34(24-22-31)33-19-11-4-12-20-33/h1,3-6,9-14,17-24,30,35-36,38H,2,7-8,15-16,25-28H2,(H,41,46)(H,42,45). The van der Waals surface area contributed by atoms with E-state index in [1.807, 2.05) is 78.9 Å². The predicted molar refractivity (Wildman–Crippen MR) is 182 cm³/mol. The molecule has 2 aliphatic rings. The number of nitrogens with one attached hydrogen (secondary N) is 2. The summed E-state index contributed by atoms with van der Waals surface area (Å²) in [5.74, 6) is -0.281. The van der Waals surface area contributed by atoms with Crippen molar-refractivity contribution in [3.05, 3.63) is 132 Å². The van der Waals surface area contributed by atoms with Crippen LogP contribution >= 0.6 is 0 Å². The van der Waals surface area contributed by atoms with Gasteiger partial charge in [0.1, 0.15) is 12.1 Å². The Morgan fingerprint density at radius 2 is 1.24 bits per heavy atom. The largest absolute Gasteiger partial charge is 0.350 e. The number of hydrogen-bond donors (Lipinski definition) is 2. The summed E-state index contributed by atoms with van der Waals surface area (Å²) in [7, 11) is 0. The normalized spacial score (nSPS) is 20.1. The number of carbonyl (C=O) groups is 3. The van der Waals surface area contributed by atoms with Crippen LogP contribution in [0, 0.1) is 5.92 Å². The van der Waals surface area contributed by atoms with E-state index in [0.717, 1.165) is 53.5 Å². The van der Waals surface area contributed by atoms with Gasteiger partial charge in [0.05, 0.1) is 6.04 Å². The van der Waals surface area contributed by atoms with Gasteiger partial charge in [0.25, 0.3) is 0 Å². The van der Waals surface area contributed by atoms with E-state index >= 15 is 0 Å². The second kappa shape index (κ2) is 15.0. The van der Waals surface area contributed by atoms with Crippen LogP contribution in [0.3, 0.4) is 0 Å². The van der Waals surface area contributed by atoms with Crippen LogP contribution in [-0.2, 0) is 33.8 Å². The van der Waals surface area contributed by atoms with Crippen LogP contribution in [0.2, 0.25) is 0 Å². The van der Waals surface area contributed by atoms with Crippen LogP contribution in [-0.4, -0.2) is 40.7 Å². The van der Waals surface area contributed by atoms with Crippen LogP contribution in [0.5, 0.6) is 0 Å². The maximum absolute atomic E-state index is 14.4. The fraction of sp³-hybridized carbons (Fsp3) is 0.325. The van der Waals surface area contributed by atoms with E-state index in [1.54, 1.807) is 4.90 Å². The van der Waals surface area contributed by atoms with E-state index in [9.17, 15) is 14.4 Å². The molecule has 0 radical (unpaired) electrons. The average Bonchev–Trinajstić information content (AvgIpc) is 3.10. The number of rotatable bonds is 10. The Bertz CT molecular complexity index is 1590. The summed E-state index contributed by atoms with van der Waals surface area (Å²) < 4.78 is 0. The Labute approximate surface area is 272 Å². The van der Waals surface area contributed by atoms with Gasteiger partial charge in [-0.2, -0.15) is 0 Å². The molecule has 0 bridgehead atoms. The third-order valence-electron chi connectivity index (χ3n) is 9.49. The molecule has 4 aromatic rings. The molecular formula is C40H43N3O3. The Balaban J connectivity index is 1.32. The maximum Gasteiger partial charge on any atom is 0.245 e. The summed E-state index contributed by atoms with van der Waals surface area (Å²) in [6.45, 7) is 0.344. The van der Waals surface area contributed by atoms with Gasteiger partial charge in [0.15, 0.2) is 0 Å². The van der Waals surface area contributed by atoms with Crippen LogP contribution in [0.15, 0.2) is 115 Å². The zero-order valence-corrected chi connectivity index (χ0v) is 26.3. The summed E-state index contributed by atoms with van der Waals surface area (Å²) in [5, 5.41) is 6.32. The summed E-state index contributed by atoms with van der Waals surface area (Å²) in [5.41, 5.74) is 5.15. The van der Waals surface area contributed by atoms with Gasteiger partial charge in [-0.15, -0.1) is 0 Å². The lowest BCUT2D eigenvalue weighted by Crippen LogP contribution is -2.71. The third-order valence-corrected chi connectivity index (χ3v) is 9.49. The minimum absolute atomic E-state index is 0.105. The second-order valence-electron chi connectivity index (χ2n) is 12.7. The molecule has 3 atom stereocenters. The van der Waals surface area contributed by atoms with Gasteiger partial charge in [-0.25, -0.2) is 0 Å². The van der Waals surface area contributed by atoms with E-state index in [4.69, 9.17) is 0 Å². The zero-order valence-electron chi connectivity index (χ0n) is 26.3. The molecule has 0 aromatic heterocycles. The lowest BCUT2D eigenvalue weighted by Gasteiger charge is -2.46. The number of amides is 3. The molecule has 6 nitrogen and oxygen atoms in total. The first-order valence-electron chi connectivity index (χ1n) is 16.7. The van der Waals surface area contributed by atoms with Crippen LogP contribution in [0.25, 0.3) is 11.1 Å². The molecule has 0 spiro atoms. The molecule has 236 valence electrons. The number of carbonyl (C=O) groups excluding carboxylic acids is 3. The van der Waals surface area contributed by atoms with E-state index < -0.39 is 18.1 Å². The van der Waals surface area contributed by atoms with E-state index in [-0.39, 0.29) is 23.6 Å². The lowest BCUT2D eigenvalue weighted by molar-refractivity contribution is -0.155. The minimum Gasteiger partial charge on any atom is -0.350 e. The SMILES string of the molecule is O=C1NC(Cc2ccc(-c3ccccc3)cc2)C(C(=O)NCc2ccccc2)N(C(=O)CC2CCCCC2)C1Cc1ccccc1. The van der Waals surface area contributed by atoms with Gasteiger partial charge in [-0.1, -0.05) is 135 Å². The topological polar surface area (TPSA) is 78.5 Å². The predicted octanol–water partition coefficient (Wildman–Crippen LogP) is 6.49. The minimum atomic E-state index is -0.847. The smallest absolute Gasteiger partial charge is 0.245 e. The van der Waals surface area contributed by atoms with Crippen molar-refractivity contribution in [2.24, 2.45) is 5.92 Å². The van der Waals surface area contributed by atoms with Crippen molar-refractivity contribution in [3.63, 3.8) is 0 Å². The van der Waals surface area contributed by atoms with Gasteiger partial charge >= 0.3 is 0 Å². The first kappa shape index (κ1) is 31.3. The molecule has 1 saturated carbocycles. The number of hydrogen-bond acceptors (Lipinski definition) is 3. The number of benzene rings is 4. The van der Waals surface area contributed by atoms with Crippen molar-refractivity contribution in [2.75, 3.05) is 0 Å². The van der Waals surface area contributed by atoms with Crippen LogP contribution < -0.4 is 10.6 Å². The summed E-state index contributed by atoms with van der Waals surface area (Å²) in [6.07, 6.45) is 6.60. The van der Waals surface area contributed by atoms with Crippen molar-refractivity contribution in [1.82, 2.24) is 15.5 Å². The molecule has 4 aromatic carbocycles. The highest BCUT2D eigenvalue weighted by Gasteiger charge is 2.48. The average molecular weight is 614 g/mol.